The molecule has 0 amide bonds. The van der Waals surface area contributed by atoms with Crippen LogP contribution in [0.4, 0.5) is 0 Å². The van der Waals surface area contributed by atoms with Crippen LogP contribution in [0.15, 0.2) is 42.5 Å². The van der Waals surface area contributed by atoms with Crippen LogP contribution in [-0.2, 0) is 14.3 Å². The van der Waals surface area contributed by atoms with Gasteiger partial charge < -0.3 is 4.74 Å². The minimum Gasteiger partial charge on any atom is -0.393 e. The van der Waals surface area contributed by atoms with Crippen molar-refractivity contribution in [3.05, 3.63) is 47.3 Å². The van der Waals surface area contributed by atoms with Crippen molar-refractivity contribution in [1.82, 2.24) is 0 Å². The van der Waals surface area contributed by atoms with E-state index in [1.165, 1.54) is 11.3 Å². The summed E-state index contributed by atoms with van der Waals surface area (Å²) in [6, 6.07) is 13.8. The van der Waals surface area contributed by atoms with Crippen LogP contribution in [-0.4, -0.2) is 11.9 Å². The Bertz CT molecular complexity index is 601. The van der Waals surface area contributed by atoms with E-state index in [2.05, 4.69) is 4.74 Å². The predicted molar refractivity (Wildman–Crippen MR) is 68.2 cm³/mol. The summed E-state index contributed by atoms with van der Waals surface area (Å²) in [5.74, 6) is -1.28. The van der Waals surface area contributed by atoms with Crippen LogP contribution < -0.4 is 0 Å². The van der Waals surface area contributed by atoms with Crippen molar-refractivity contribution >= 4 is 23.3 Å². The molecule has 2 aromatic rings. The van der Waals surface area contributed by atoms with Gasteiger partial charge in [-0.2, -0.15) is 0 Å². The van der Waals surface area contributed by atoms with Crippen LogP contribution in [0.1, 0.15) is 17.2 Å². The Morgan fingerprint density at radius 2 is 1.83 bits per heavy atom. The lowest BCUT2D eigenvalue weighted by Crippen LogP contribution is -2.03. The van der Waals surface area contributed by atoms with Crippen LogP contribution in [0.5, 0.6) is 0 Å². The summed E-state index contributed by atoms with van der Waals surface area (Å²) in [5.41, 5.74) is 1.12. The lowest BCUT2D eigenvalue weighted by molar-refractivity contribution is -0.152. The van der Waals surface area contributed by atoms with E-state index in [4.69, 9.17) is 0 Å². The molecule has 0 bridgehead atoms. The minimum atomic E-state index is -0.431. The zero-order valence-electron chi connectivity index (χ0n) is 9.46. The molecular formula is C14H10O3S. The fourth-order valence-corrected chi connectivity index (χ4v) is 3.09. The lowest BCUT2D eigenvalue weighted by atomic mass is 10.1. The van der Waals surface area contributed by atoms with Crippen molar-refractivity contribution in [3.8, 4) is 10.4 Å². The van der Waals surface area contributed by atoms with Crippen molar-refractivity contribution in [2.75, 3.05) is 0 Å². The van der Waals surface area contributed by atoms with Gasteiger partial charge in [0.15, 0.2) is 0 Å². The van der Waals surface area contributed by atoms with Gasteiger partial charge >= 0.3 is 11.9 Å². The van der Waals surface area contributed by atoms with Gasteiger partial charge in [0.2, 0.25) is 0 Å². The molecule has 90 valence electrons. The first-order chi connectivity index (χ1) is 8.74. The average Bonchev–Trinajstić information content (AvgIpc) is 2.97. The molecule has 18 heavy (non-hydrogen) atoms. The maximum Gasteiger partial charge on any atom is 0.322 e. The summed E-state index contributed by atoms with van der Waals surface area (Å²) in [7, 11) is 0. The first kappa shape index (κ1) is 11.2. The molecule has 3 nitrogen and oxygen atoms in total. The van der Waals surface area contributed by atoms with E-state index < -0.39 is 17.9 Å². The summed E-state index contributed by atoms with van der Waals surface area (Å²) in [6.07, 6.45) is 0.160. The second kappa shape index (κ2) is 4.38. The first-order valence-electron chi connectivity index (χ1n) is 5.64. The Hall–Kier alpha value is -1.94. The van der Waals surface area contributed by atoms with Gasteiger partial charge in [0, 0.05) is 9.75 Å². The molecule has 1 aliphatic rings. The molecule has 1 aromatic carbocycles. The normalized spacial score (nSPS) is 19.0. The van der Waals surface area contributed by atoms with E-state index >= 15 is 0 Å². The minimum absolute atomic E-state index is 0.160. The second-order valence-electron chi connectivity index (χ2n) is 4.12. The number of carbonyl (C=O) groups excluding carboxylic acids is 2. The molecule has 0 saturated carbocycles. The summed E-state index contributed by atoms with van der Waals surface area (Å²) in [4.78, 5) is 24.6. The van der Waals surface area contributed by atoms with Crippen LogP contribution in [0.25, 0.3) is 10.4 Å². The second-order valence-corrected chi connectivity index (χ2v) is 5.23. The Morgan fingerprint density at radius 3 is 2.50 bits per heavy atom. The van der Waals surface area contributed by atoms with Crippen molar-refractivity contribution in [1.29, 1.82) is 0 Å². The van der Waals surface area contributed by atoms with Crippen LogP contribution >= 0.6 is 11.3 Å². The van der Waals surface area contributed by atoms with Gasteiger partial charge in [-0.05, 0) is 17.7 Å². The molecule has 3 rings (SSSR count). The van der Waals surface area contributed by atoms with Gasteiger partial charge in [-0.1, -0.05) is 30.3 Å². The van der Waals surface area contributed by atoms with Gasteiger partial charge in [0.05, 0.1) is 6.42 Å². The maximum absolute atomic E-state index is 11.5. The number of hydrogen-bond donors (Lipinski definition) is 0. The highest BCUT2D eigenvalue weighted by atomic mass is 32.1. The lowest BCUT2D eigenvalue weighted by Gasteiger charge is -1.99. The largest absolute Gasteiger partial charge is 0.393 e. The Kier molecular flexibility index (Phi) is 2.72. The van der Waals surface area contributed by atoms with E-state index in [0.29, 0.717) is 0 Å². The Balaban J connectivity index is 1.91. The first-order valence-corrected chi connectivity index (χ1v) is 6.45. The molecule has 1 aliphatic heterocycles. The monoisotopic (exact) mass is 258 g/mol. The number of carbonyl (C=O) groups is 2. The number of rotatable bonds is 2. The Morgan fingerprint density at radius 1 is 1.06 bits per heavy atom. The molecule has 1 fully saturated rings. The highest BCUT2D eigenvalue weighted by Gasteiger charge is 2.35. The third kappa shape index (κ3) is 1.95. The fourth-order valence-electron chi connectivity index (χ4n) is 1.99. The molecule has 0 radical (unpaired) electrons. The predicted octanol–water partition coefficient (Wildman–Crippen LogP) is 2.97. The van der Waals surface area contributed by atoms with E-state index in [1.807, 2.05) is 42.5 Å². The van der Waals surface area contributed by atoms with Gasteiger partial charge in [-0.15, -0.1) is 11.3 Å². The van der Waals surface area contributed by atoms with Gasteiger partial charge in [0.1, 0.15) is 5.92 Å². The number of hydrogen-bond acceptors (Lipinski definition) is 4. The summed E-state index contributed by atoms with van der Waals surface area (Å²) < 4.78 is 4.57. The van der Waals surface area contributed by atoms with Gasteiger partial charge in [-0.3, -0.25) is 9.59 Å². The molecule has 1 saturated heterocycles. The third-order valence-corrected chi connectivity index (χ3v) is 4.15. The number of cyclic esters (lactones) is 2. The van der Waals surface area contributed by atoms with Gasteiger partial charge in [-0.25, -0.2) is 0 Å². The van der Waals surface area contributed by atoms with E-state index in [0.717, 1.165) is 15.3 Å². The topological polar surface area (TPSA) is 43.4 Å². The van der Waals surface area contributed by atoms with Crippen molar-refractivity contribution in [2.24, 2.45) is 0 Å². The van der Waals surface area contributed by atoms with E-state index in [-0.39, 0.29) is 6.42 Å². The van der Waals surface area contributed by atoms with Crippen LogP contribution in [0, 0.1) is 0 Å². The molecule has 1 atom stereocenters. The van der Waals surface area contributed by atoms with Gasteiger partial charge in [0.25, 0.3) is 0 Å². The number of benzene rings is 1. The maximum atomic E-state index is 11.5. The summed E-state index contributed by atoms with van der Waals surface area (Å²) in [6.45, 7) is 0. The van der Waals surface area contributed by atoms with Crippen LogP contribution in [0.3, 0.4) is 0 Å². The zero-order chi connectivity index (χ0) is 12.5. The fraction of sp³-hybridized carbons (Fsp3) is 0.143. The van der Waals surface area contributed by atoms with Crippen molar-refractivity contribution in [3.63, 3.8) is 0 Å². The smallest absolute Gasteiger partial charge is 0.322 e. The highest BCUT2D eigenvalue weighted by molar-refractivity contribution is 7.15. The molecule has 4 heteroatoms. The van der Waals surface area contributed by atoms with Crippen LogP contribution in [0.2, 0.25) is 0 Å². The average molecular weight is 258 g/mol. The standard InChI is InChI=1S/C14H10O3S/c15-13-8-10(14(16)17-13)12-7-6-11(18-12)9-4-2-1-3-5-9/h1-7,10H,8H2. The highest BCUT2D eigenvalue weighted by Crippen LogP contribution is 2.36. The van der Waals surface area contributed by atoms with Crippen molar-refractivity contribution < 1.29 is 14.3 Å². The molecule has 2 heterocycles. The van der Waals surface area contributed by atoms with Crippen molar-refractivity contribution in [2.45, 2.75) is 12.3 Å². The number of esters is 2. The van der Waals surface area contributed by atoms with E-state index in [9.17, 15) is 9.59 Å². The number of ether oxygens (including phenoxy) is 1. The molecule has 1 unspecified atom stereocenters. The van der Waals surface area contributed by atoms with E-state index in [1.54, 1.807) is 0 Å². The summed E-state index contributed by atoms with van der Waals surface area (Å²) in [5, 5.41) is 0. The SMILES string of the molecule is O=C1CC(c2ccc(-c3ccccc3)s2)C(=O)O1. The zero-order valence-corrected chi connectivity index (χ0v) is 10.3. The molecule has 0 spiro atoms. The quantitative estimate of drug-likeness (QED) is 0.614. The molecule has 0 N–H and O–H groups in total. The molecular weight excluding hydrogens is 248 g/mol. The molecule has 0 aliphatic carbocycles. The third-order valence-electron chi connectivity index (χ3n) is 2.90. The summed E-state index contributed by atoms with van der Waals surface area (Å²) >= 11 is 1.54. The Labute approximate surface area is 108 Å². The number of thiophene rings is 1. The molecule has 1 aromatic heterocycles.